The summed E-state index contributed by atoms with van der Waals surface area (Å²) in [6.45, 7) is 4.77. The third kappa shape index (κ3) is 1.46. The molecule has 6 heteroatoms. The molecule has 1 aliphatic rings. The number of rotatable bonds is 2. The summed E-state index contributed by atoms with van der Waals surface area (Å²) >= 11 is 0. The van der Waals surface area contributed by atoms with Gasteiger partial charge in [0.25, 0.3) is 0 Å². The highest BCUT2D eigenvalue weighted by atomic mass is 32.2. The van der Waals surface area contributed by atoms with Crippen molar-refractivity contribution in [3.63, 3.8) is 0 Å². The Balaban J connectivity index is 2.27. The van der Waals surface area contributed by atoms with Gasteiger partial charge in [0.05, 0.1) is 6.54 Å². The molecule has 0 aliphatic carbocycles. The quantitative estimate of drug-likeness (QED) is 0.703. The number of imidazole rings is 1. The second kappa shape index (κ2) is 3.21. The van der Waals surface area contributed by atoms with Gasteiger partial charge in [0.1, 0.15) is 5.82 Å². The molecule has 1 aromatic rings. The third-order valence-corrected chi connectivity index (χ3v) is 3.73. The van der Waals surface area contributed by atoms with E-state index in [1.54, 1.807) is 6.20 Å². The molecule has 5 nitrogen and oxygen atoms in total. The second-order valence-corrected chi connectivity index (χ2v) is 4.96. The lowest BCUT2D eigenvalue weighted by atomic mass is 10.4. The van der Waals surface area contributed by atoms with Crippen molar-refractivity contribution < 1.29 is 8.42 Å². The lowest BCUT2D eigenvalue weighted by Gasteiger charge is -2.25. The van der Waals surface area contributed by atoms with E-state index < -0.39 is 10.0 Å². The first-order valence-corrected chi connectivity index (χ1v) is 5.76. The van der Waals surface area contributed by atoms with Gasteiger partial charge in [-0.25, -0.2) is 13.4 Å². The molecular formula is C8H11N3O2S. The van der Waals surface area contributed by atoms with Crippen molar-refractivity contribution in [3.8, 4) is 0 Å². The average molecular weight is 213 g/mol. The molecule has 0 radical (unpaired) electrons. The van der Waals surface area contributed by atoms with Gasteiger partial charge in [-0.05, 0) is 0 Å². The molecule has 0 unspecified atom stereocenters. The van der Waals surface area contributed by atoms with Crippen molar-refractivity contribution in [1.82, 2.24) is 13.9 Å². The molecule has 0 N–H and O–H groups in total. The first-order valence-electron chi connectivity index (χ1n) is 4.26. The molecule has 0 saturated carbocycles. The largest absolute Gasteiger partial charge is 0.333 e. The van der Waals surface area contributed by atoms with Crippen LogP contribution in [-0.4, -0.2) is 28.8 Å². The number of fused-ring (bicyclic) bond motifs is 1. The molecule has 14 heavy (non-hydrogen) atoms. The Morgan fingerprint density at radius 2 is 2.29 bits per heavy atom. The van der Waals surface area contributed by atoms with Gasteiger partial charge >= 0.3 is 0 Å². The van der Waals surface area contributed by atoms with E-state index in [2.05, 4.69) is 11.6 Å². The zero-order chi connectivity index (χ0) is 10.2. The van der Waals surface area contributed by atoms with Crippen molar-refractivity contribution in [2.24, 2.45) is 0 Å². The summed E-state index contributed by atoms with van der Waals surface area (Å²) < 4.78 is 26.2. The Morgan fingerprint density at radius 3 is 3.00 bits per heavy atom. The molecule has 0 saturated heterocycles. The van der Waals surface area contributed by atoms with Crippen LogP contribution in [0.15, 0.2) is 24.4 Å². The Hall–Kier alpha value is -1.14. The van der Waals surface area contributed by atoms with E-state index in [1.807, 2.05) is 10.8 Å². The predicted molar refractivity (Wildman–Crippen MR) is 51.8 cm³/mol. The topological polar surface area (TPSA) is 55.2 Å². The van der Waals surface area contributed by atoms with Crippen molar-refractivity contribution >= 4 is 10.0 Å². The summed E-state index contributed by atoms with van der Waals surface area (Å²) in [6.07, 6.45) is 3.53. The standard InChI is InChI=1S/C8H11N3O2S/c1-2-14(12,13)11-6-5-10-4-3-9-8(10)7-11/h2-4H,1,5-7H2. The van der Waals surface area contributed by atoms with Crippen LogP contribution in [0.1, 0.15) is 5.82 Å². The fourth-order valence-corrected chi connectivity index (χ4v) is 2.32. The van der Waals surface area contributed by atoms with E-state index in [4.69, 9.17) is 0 Å². The minimum Gasteiger partial charge on any atom is -0.333 e. The van der Waals surface area contributed by atoms with Crippen molar-refractivity contribution in [1.29, 1.82) is 0 Å². The van der Waals surface area contributed by atoms with Crippen molar-refractivity contribution in [2.75, 3.05) is 6.54 Å². The molecule has 0 atom stereocenters. The Kier molecular flexibility index (Phi) is 2.16. The second-order valence-electron chi connectivity index (χ2n) is 3.08. The average Bonchev–Trinajstić information content (AvgIpc) is 2.64. The van der Waals surface area contributed by atoms with Crippen LogP contribution in [0.5, 0.6) is 0 Å². The van der Waals surface area contributed by atoms with Crippen molar-refractivity contribution in [3.05, 3.63) is 30.2 Å². The highest BCUT2D eigenvalue weighted by molar-refractivity contribution is 7.91. The molecule has 0 bridgehead atoms. The normalized spacial score (nSPS) is 17.7. The van der Waals surface area contributed by atoms with Crippen molar-refractivity contribution in [2.45, 2.75) is 13.1 Å². The van der Waals surface area contributed by atoms with E-state index in [1.165, 1.54) is 4.31 Å². The molecule has 0 aromatic carbocycles. The van der Waals surface area contributed by atoms with Crippen LogP contribution in [0.3, 0.4) is 0 Å². The van der Waals surface area contributed by atoms with E-state index in [0.29, 0.717) is 19.6 Å². The van der Waals surface area contributed by atoms with Gasteiger partial charge in [-0.15, -0.1) is 0 Å². The summed E-state index contributed by atoms with van der Waals surface area (Å²) in [5.41, 5.74) is 0. The number of hydrogen-bond acceptors (Lipinski definition) is 3. The van der Waals surface area contributed by atoms with Gasteiger partial charge in [0.15, 0.2) is 0 Å². The molecule has 0 fully saturated rings. The third-order valence-electron chi connectivity index (χ3n) is 2.28. The molecule has 0 spiro atoms. The van der Waals surface area contributed by atoms with Crippen LogP contribution in [0.4, 0.5) is 0 Å². The van der Waals surface area contributed by atoms with E-state index in [-0.39, 0.29) is 0 Å². The van der Waals surface area contributed by atoms with Gasteiger partial charge in [-0.2, -0.15) is 4.31 Å². The van der Waals surface area contributed by atoms with Gasteiger partial charge < -0.3 is 4.57 Å². The number of sulfonamides is 1. The van der Waals surface area contributed by atoms with E-state index >= 15 is 0 Å². The maximum absolute atomic E-state index is 11.5. The minimum absolute atomic E-state index is 0.335. The maximum Gasteiger partial charge on any atom is 0.236 e. The Bertz CT molecular complexity index is 449. The highest BCUT2D eigenvalue weighted by Crippen LogP contribution is 2.14. The molecule has 2 heterocycles. The van der Waals surface area contributed by atoms with E-state index in [0.717, 1.165) is 11.2 Å². The first-order chi connectivity index (χ1) is 6.63. The molecule has 2 rings (SSSR count). The fraction of sp³-hybridized carbons (Fsp3) is 0.375. The van der Waals surface area contributed by atoms with Crippen LogP contribution in [0.25, 0.3) is 0 Å². The van der Waals surface area contributed by atoms with Crippen LogP contribution in [0.2, 0.25) is 0 Å². The predicted octanol–water partition coefficient (Wildman–Crippen LogP) is 0.172. The summed E-state index contributed by atoms with van der Waals surface area (Å²) in [7, 11) is -3.30. The number of nitrogens with zero attached hydrogens (tertiary/aromatic N) is 3. The van der Waals surface area contributed by atoms with Crippen LogP contribution < -0.4 is 0 Å². The zero-order valence-electron chi connectivity index (χ0n) is 7.63. The van der Waals surface area contributed by atoms with Gasteiger partial charge in [0.2, 0.25) is 10.0 Å². The lowest BCUT2D eigenvalue weighted by molar-refractivity contribution is 0.339. The smallest absolute Gasteiger partial charge is 0.236 e. The minimum atomic E-state index is -3.30. The lowest BCUT2D eigenvalue weighted by Crippen LogP contribution is -2.37. The number of aromatic nitrogens is 2. The van der Waals surface area contributed by atoms with Crippen LogP contribution >= 0.6 is 0 Å². The summed E-state index contributed by atoms with van der Waals surface area (Å²) in [5.74, 6) is 0.779. The summed E-state index contributed by atoms with van der Waals surface area (Å²) in [6, 6.07) is 0. The van der Waals surface area contributed by atoms with Gasteiger partial charge in [-0.3, -0.25) is 0 Å². The zero-order valence-corrected chi connectivity index (χ0v) is 8.44. The van der Waals surface area contributed by atoms with Gasteiger partial charge in [0, 0.05) is 30.9 Å². The molecule has 1 aliphatic heterocycles. The summed E-state index contributed by atoms with van der Waals surface area (Å²) in [5, 5.41) is 0.978. The SMILES string of the molecule is C=CS(=O)(=O)N1CCn2ccnc2C1. The molecule has 1 aromatic heterocycles. The first kappa shape index (κ1) is 9.42. The monoisotopic (exact) mass is 213 g/mol. The van der Waals surface area contributed by atoms with Gasteiger partial charge in [-0.1, -0.05) is 6.58 Å². The van der Waals surface area contributed by atoms with Crippen LogP contribution in [0, 0.1) is 0 Å². The highest BCUT2D eigenvalue weighted by Gasteiger charge is 2.24. The maximum atomic E-state index is 11.5. The fourth-order valence-electron chi connectivity index (χ4n) is 1.47. The Labute approximate surface area is 82.7 Å². The van der Waals surface area contributed by atoms with E-state index in [9.17, 15) is 8.42 Å². The molecule has 0 amide bonds. The molecule has 76 valence electrons. The number of hydrogen-bond donors (Lipinski definition) is 0. The molecular weight excluding hydrogens is 202 g/mol. The van der Waals surface area contributed by atoms with Crippen LogP contribution in [-0.2, 0) is 23.1 Å². The Morgan fingerprint density at radius 1 is 1.50 bits per heavy atom. The summed E-state index contributed by atoms with van der Waals surface area (Å²) in [4.78, 5) is 4.08.